The number of rotatable bonds is 1. The van der Waals surface area contributed by atoms with E-state index in [1.54, 1.807) is 0 Å². The highest BCUT2D eigenvalue weighted by molar-refractivity contribution is 4.97. The molecule has 1 aliphatic rings. The molecule has 0 amide bonds. The van der Waals surface area contributed by atoms with Crippen molar-refractivity contribution in [3.8, 4) is 0 Å². The van der Waals surface area contributed by atoms with Crippen molar-refractivity contribution < 1.29 is 0 Å². The largest absolute Gasteiger partial charge is 0.0776 e. The van der Waals surface area contributed by atoms with Crippen molar-refractivity contribution in [3.63, 3.8) is 0 Å². The summed E-state index contributed by atoms with van der Waals surface area (Å²) in [5, 5.41) is 0. The molecular formula is C17H38. The zero-order valence-electron chi connectivity index (χ0n) is 13.2. The zero-order chi connectivity index (χ0) is 13.2. The standard InChI is InChI=1S/C8H16.C8H18.CH4/c1-7(2,3)8(4)5-6-8;1-6-7(2)8(3,4)5;/h5-6H2,1-4H3;7H,6H2,1-5H3;1H4. The maximum Gasteiger partial charge on any atom is -0.0277 e. The second-order valence-corrected chi connectivity index (χ2v) is 7.99. The average Bonchev–Trinajstić information content (AvgIpc) is 2.81. The van der Waals surface area contributed by atoms with E-state index in [0.717, 1.165) is 5.92 Å². The Morgan fingerprint density at radius 1 is 1.00 bits per heavy atom. The molecule has 1 aliphatic carbocycles. The Bertz CT molecular complexity index is 192. The second kappa shape index (κ2) is 6.25. The monoisotopic (exact) mass is 242 g/mol. The van der Waals surface area contributed by atoms with Gasteiger partial charge in [0.15, 0.2) is 0 Å². The van der Waals surface area contributed by atoms with Crippen LogP contribution in [-0.2, 0) is 0 Å². The summed E-state index contributed by atoms with van der Waals surface area (Å²) in [6.45, 7) is 20.8. The van der Waals surface area contributed by atoms with Crippen LogP contribution in [0.15, 0.2) is 0 Å². The average molecular weight is 242 g/mol. The molecule has 0 heteroatoms. The van der Waals surface area contributed by atoms with Crippen LogP contribution in [-0.4, -0.2) is 0 Å². The minimum Gasteiger partial charge on any atom is -0.0776 e. The molecule has 1 atom stereocenters. The van der Waals surface area contributed by atoms with Crippen LogP contribution >= 0.6 is 0 Å². The minimum absolute atomic E-state index is 0. The van der Waals surface area contributed by atoms with Crippen molar-refractivity contribution in [1.29, 1.82) is 0 Å². The van der Waals surface area contributed by atoms with E-state index in [-0.39, 0.29) is 7.43 Å². The second-order valence-electron chi connectivity index (χ2n) is 7.99. The molecule has 17 heavy (non-hydrogen) atoms. The molecule has 0 N–H and O–H groups in total. The van der Waals surface area contributed by atoms with Crippen LogP contribution in [0.3, 0.4) is 0 Å². The molecule has 1 rings (SSSR count). The van der Waals surface area contributed by atoms with E-state index in [1.807, 2.05) is 0 Å². The normalized spacial score (nSPS) is 19.6. The fraction of sp³-hybridized carbons (Fsp3) is 1.00. The summed E-state index contributed by atoms with van der Waals surface area (Å²) in [6, 6.07) is 0. The predicted molar refractivity (Wildman–Crippen MR) is 82.4 cm³/mol. The van der Waals surface area contributed by atoms with Gasteiger partial charge in [-0.25, -0.2) is 0 Å². The Labute approximate surface area is 112 Å². The molecule has 106 valence electrons. The molecular weight excluding hydrogens is 204 g/mol. The summed E-state index contributed by atoms with van der Waals surface area (Å²) in [7, 11) is 0. The van der Waals surface area contributed by atoms with E-state index in [1.165, 1.54) is 19.3 Å². The highest BCUT2D eigenvalue weighted by Crippen LogP contribution is 2.57. The summed E-state index contributed by atoms with van der Waals surface area (Å²) >= 11 is 0. The molecule has 0 radical (unpaired) electrons. The van der Waals surface area contributed by atoms with Crippen LogP contribution in [0.4, 0.5) is 0 Å². The fourth-order valence-corrected chi connectivity index (χ4v) is 1.55. The summed E-state index contributed by atoms with van der Waals surface area (Å²) < 4.78 is 0. The van der Waals surface area contributed by atoms with Crippen LogP contribution in [0.5, 0.6) is 0 Å². The van der Waals surface area contributed by atoms with Gasteiger partial charge in [-0.1, -0.05) is 76.2 Å². The third-order valence-electron chi connectivity index (χ3n) is 4.90. The molecule has 0 aromatic heterocycles. The van der Waals surface area contributed by atoms with Gasteiger partial charge in [0.2, 0.25) is 0 Å². The SMILES string of the molecule is C.CC(C)(C)C1(C)CC1.CCC(C)C(C)(C)C. The topological polar surface area (TPSA) is 0 Å². The van der Waals surface area contributed by atoms with Crippen molar-refractivity contribution >= 4 is 0 Å². The third kappa shape index (κ3) is 6.48. The molecule has 0 nitrogen and oxygen atoms in total. The van der Waals surface area contributed by atoms with Gasteiger partial charge in [-0.3, -0.25) is 0 Å². The lowest BCUT2D eigenvalue weighted by atomic mass is 9.79. The quantitative estimate of drug-likeness (QED) is 0.489. The summed E-state index contributed by atoms with van der Waals surface area (Å²) in [4.78, 5) is 0. The Hall–Kier alpha value is 0. The summed E-state index contributed by atoms with van der Waals surface area (Å²) in [5.74, 6) is 0.850. The molecule has 0 aliphatic heterocycles. The van der Waals surface area contributed by atoms with E-state index in [2.05, 4.69) is 62.3 Å². The van der Waals surface area contributed by atoms with Crippen molar-refractivity contribution in [2.75, 3.05) is 0 Å². The van der Waals surface area contributed by atoms with Gasteiger partial charge in [0.1, 0.15) is 0 Å². The van der Waals surface area contributed by atoms with Crippen molar-refractivity contribution in [3.05, 3.63) is 0 Å². The first-order chi connectivity index (χ1) is 6.94. The van der Waals surface area contributed by atoms with E-state index in [4.69, 9.17) is 0 Å². The van der Waals surface area contributed by atoms with Crippen LogP contribution < -0.4 is 0 Å². The van der Waals surface area contributed by atoms with Gasteiger partial charge in [0.25, 0.3) is 0 Å². The highest BCUT2D eigenvalue weighted by Gasteiger charge is 2.46. The lowest BCUT2D eigenvalue weighted by Crippen LogP contribution is -2.17. The minimum atomic E-state index is 0. The fourth-order valence-electron chi connectivity index (χ4n) is 1.55. The molecule has 0 heterocycles. The maximum absolute atomic E-state index is 2.38. The molecule has 0 saturated heterocycles. The van der Waals surface area contributed by atoms with E-state index in [9.17, 15) is 0 Å². The van der Waals surface area contributed by atoms with Gasteiger partial charge in [-0.05, 0) is 35.0 Å². The van der Waals surface area contributed by atoms with Crippen LogP contribution in [0.25, 0.3) is 0 Å². The molecule has 0 aromatic rings. The number of hydrogen-bond donors (Lipinski definition) is 0. The Kier molecular flexibility index (Phi) is 7.11. The molecule has 0 aromatic carbocycles. The third-order valence-corrected chi connectivity index (χ3v) is 4.90. The summed E-state index contributed by atoms with van der Waals surface area (Å²) in [5.41, 5.74) is 1.74. The number of hydrogen-bond acceptors (Lipinski definition) is 0. The molecule has 1 unspecified atom stereocenters. The first-order valence-electron chi connectivity index (χ1n) is 6.94. The van der Waals surface area contributed by atoms with Gasteiger partial charge in [0, 0.05) is 0 Å². The molecule has 1 fully saturated rings. The zero-order valence-corrected chi connectivity index (χ0v) is 13.2. The van der Waals surface area contributed by atoms with Gasteiger partial charge in [0.05, 0.1) is 0 Å². The lowest BCUT2D eigenvalue weighted by molar-refractivity contribution is 0.237. The molecule has 1 saturated carbocycles. The van der Waals surface area contributed by atoms with Crippen molar-refractivity contribution in [2.24, 2.45) is 22.2 Å². The Balaban J connectivity index is 0. The van der Waals surface area contributed by atoms with E-state index < -0.39 is 0 Å². The van der Waals surface area contributed by atoms with Crippen LogP contribution in [0.1, 0.15) is 89.0 Å². The van der Waals surface area contributed by atoms with Crippen LogP contribution in [0.2, 0.25) is 0 Å². The van der Waals surface area contributed by atoms with Crippen molar-refractivity contribution in [2.45, 2.75) is 89.0 Å². The Morgan fingerprint density at radius 2 is 1.35 bits per heavy atom. The van der Waals surface area contributed by atoms with Crippen LogP contribution in [0, 0.1) is 22.2 Å². The first kappa shape index (κ1) is 19.3. The predicted octanol–water partition coefficient (Wildman–Crippen LogP) is 6.55. The lowest BCUT2D eigenvalue weighted by Gasteiger charge is -2.26. The smallest absolute Gasteiger partial charge is 0.0277 e. The van der Waals surface area contributed by atoms with Gasteiger partial charge in [-0.15, -0.1) is 0 Å². The highest BCUT2D eigenvalue weighted by atomic mass is 14.5. The van der Waals surface area contributed by atoms with Gasteiger partial charge < -0.3 is 0 Å². The van der Waals surface area contributed by atoms with Gasteiger partial charge in [-0.2, -0.15) is 0 Å². The summed E-state index contributed by atoms with van der Waals surface area (Å²) in [6.07, 6.45) is 4.18. The maximum atomic E-state index is 2.38. The van der Waals surface area contributed by atoms with Crippen molar-refractivity contribution in [1.82, 2.24) is 0 Å². The first-order valence-corrected chi connectivity index (χ1v) is 6.94. The van der Waals surface area contributed by atoms with E-state index in [0.29, 0.717) is 16.2 Å². The Morgan fingerprint density at radius 3 is 1.35 bits per heavy atom. The van der Waals surface area contributed by atoms with Gasteiger partial charge >= 0.3 is 0 Å². The molecule has 0 spiro atoms. The molecule has 0 bridgehead atoms. The van der Waals surface area contributed by atoms with E-state index >= 15 is 0 Å².